The number of carbonyl (C=O) groups is 2. The van der Waals surface area contributed by atoms with Gasteiger partial charge >= 0.3 is 5.97 Å². The van der Waals surface area contributed by atoms with Crippen molar-refractivity contribution in [2.75, 3.05) is 10.0 Å². The van der Waals surface area contributed by atoms with Gasteiger partial charge in [0.05, 0.1) is 21.8 Å². The molecule has 0 atom stereocenters. The summed E-state index contributed by atoms with van der Waals surface area (Å²) in [6.07, 6.45) is 0. The van der Waals surface area contributed by atoms with Crippen LogP contribution in [0.3, 0.4) is 0 Å². The third kappa shape index (κ3) is 5.29. The molecule has 1 amide bonds. The predicted octanol–water partition coefficient (Wildman–Crippen LogP) is 4.70. The molecule has 0 heterocycles. The van der Waals surface area contributed by atoms with Crippen molar-refractivity contribution in [2.24, 2.45) is 0 Å². The van der Waals surface area contributed by atoms with E-state index in [0.29, 0.717) is 14.3 Å². The third-order valence-electron chi connectivity index (χ3n) is 3.96. The molecule has 0 aliphatic carbocycles. The Bertz CT molecular complexity index is 1230. The number of rotatable bonds is 6. The van der Waals surface area contributed by atoms with Crippen LogP contribution in [0.1, 0.15) is 20.7 Å². The monoisotopic (exact) mass is 556 g/mol. The number of amides is 1. The zero-order chi connectivity index (χ0) is 21.9. The third-order valence-corrected chi connectivity index (χ3v) is 6.27. The first-order chi connectivity index (χ1) is 14.2. The molecular formula is C20H14ClIN2O5S. The zero-order valence-electron chi connectivity index (χ0n) is 15.1. The molecule has 0 saturated heterocycles. The molecule has 0 radical (unpaired) electrons. The summed E-state index contributed by atoms with van der Waals surface area (Å²) in [6.45, 7) is 0. The van der Waals surface area contributed by atoms with E-state index in [9.17, 15) is 23.1 Å². The molecule has 0 spiro atoms. The minimum Gasteiger partial charge on any atom is -0.478 e. The van der Waals surface area contributed by atoms with Crippen LogP contribution in [0.5, 0.6) is 0 Å². The minimum absolute atomic E-state index is 0.0415. The number of hydrogen-bond acceptors (Lipinski definition) is 4. The van der Waals surface area contributed by atoms with E-state index in [1.165, 1.54) is 42.5 Å². The molecule has 10 heteroatoms. The molecule has 3 aromatic rings. The van der Waals surface area contributed by atoms with Crippen LogP contribution in [0.4, 0.5) is 11.4 Å². The molecule has 3 aromatic carbocycles. The number of nitrogens with one attached hydrogen (secondary N) is 2. The van der Waals surface area contributed by atoms with Gasteiger partial charge < -0.3 is 10.4 Å². The van der Waals surface area contributed by atoms with Gasteiger partial charge in [-0.15, -0.1) is 0 Å². The number of sulfonamides is 1. The number of benzene rings is 3. The Balaban J connectivity index is 1.78. The Hall–Kier alpha value is -2.63. The second-order valence-corrected chi connectivity index (χ2v) is 9.45. The Morgan fingerprint density at radius 1 is 0.967 bits per heavy atom. The van der Waals surface area contributed by atoms with Gasteiger partial charge in [-0.25, -0.2) is 13.2 Å². The molecule has 0 aliphatic rings. The summed E-state index contributed by atoms with van der Waals surface area (Å²) in [4.78, 5) is 23.8. The number of hydrogen-bond donors (Lipinski definition) is 3. The van der Waals surface area contributed by atoms with Crippen molar-refractivity contribution < 1.29 is 23.1 Å². The van der Waals surface area contributed by atoms with Gasteiger partial charge in [-0.3, -0.25) is 9.52 Å². The fourth-order valence-corrected chi connectivity index (χ4v) is 4.28. The van der Waals surface area contributed by atoms with Crippen LogP contribution in [0.25, 0.3) is 0 Å². The molecule has 154 valence electrons. The van der Waals surface area contributed by atoms with Gasteiger partial charge in [0.2, 0.25) is 0 Å². The number of anilines is 2. The summed E-state index contributed by atoms with van der Waals surface area (Å²) in [5.41, 5.74) is 0.586. The molecule has 0 unspecified atom stereocenters. The number of aromatic carboxylic acids is 1. The van der Waals surface area contributed by atoms with Crippen LogP contribution >= 0.6 is 34.2 Å². The fourth-order valence-electron chi connectivity index (χ4n) is 2.55. The van der Waals surface area contributed by atoms with Crippen LogP contribution in [0, 0.1) is 3.57 Å². The average molecular weight is 557 g/mol. The first kappa shape index (κ1) is 22.1. The number of carboxylic acid groups (broad SMARTS) is 1. The summed E-state index contributed by atoms with van der Waals surface area (Å²) >= 11 is 7.84. The lowest BCUT2D eigenvalue weighted by Crippen LogP contribution is -2.16. The van der Waals surface area contributed by atoms with E-state index in [0.717, 1.165) is 0 Å². The van der Waals surface area contributed by atoms with E-state index in [2.05, 4.69) is 10.0 Å². The van der Waals surface area contributed by atoms with E-state index in [4.69, 9.17) is 11.6 Å². The molecule has 0 aromatic heterocycles. The fraction of sp³-hybridized carbons (Fsp3) is 0. The second kappa shape index (κ2) is 9.02. The maximum Gasteiger partial charge on any atom is 0.337 e. The van der Waals surface area contributed by atoms with Crippen LogP contribution < -0.4 is 10.0 Å². The SMILES string of the molecule is O=C(Nc1ccc(I)cc1C(=O)O)c1ccc(S(=O)(=O)Nc2cccc(Cl)c2)cc1. The lowest BCUT2D eigenvalue weighted by atomic mass is 10.1. The summed E-state index contributed by atoms with van der Waals surface area (Å²) < 4.78 is 28.2. The molecule has 7 nitrogen and oxygen atoms in total. The highest BCUT2D eigenvalue weighted by Gasteiger charge is 2.17. The lowest BCUT2D eigenvalue weighted by molar-refractivity contribution is 0.0698. The highest BCUT2D eigenvalue weighted by Crippen LogP contribution is 2.22. The van der Waals surface area contributed by atoms with Crippen LogP contribution in [0.15, 0.2) is 71.6 Å². The van der Waals surface area contributed by atoms with Crippen LogP contribution in [0.2, 0.25) is 5.02 Å². The number of carbonyl (C=O) groups excluding carboxylic acids is 1. The van der Waals surface area contributed by atoms with E-state index < -0.39 is 21.9 Å². The molecule has 30 heavy (non-hydrogen) atoms. The van der Waals surface area contributed by atoms with Gasteiger partial charge in [-0.05, 0) is 83.3 Å². The molecule has 0 saturated carbocycles. The molecular weight excluding hydrogens is 543 g/mol. The maximum atomic E-state index is 12.5. The maximum absolute atomic E-state index is 12.5. The highest BCUT2D eigenvalue weighted by molar-refractivity contribution is 14.1. The largest absolute Gasteiger partial charge is 0.478 e. The Morgan fingerprint density at radius 2 is 1.67 bits per heavy atom. The van der Waals surface area contributed by atoms with Gasteiger partial charge in [0.1, 0.15) is 0 Å². The molecule has 3 rings (SSSR count). The predicted molar refractivity (Wildman–Crippen MR) is 123 cm³/mol. The highest BCUT2D eigenvalue weighted by atomic mass is 127. The second-order valence-electron chi connectivity index (χ2n) is 6.09. The van der Waals surface area contributed by atoms with E-state index in [1.54, 1.807) is 24.3 Å². The van der Waals surface area contributed by atoms with Gasteiger partial charge in [0, 0.05) is 14.2 Å². The van der Waals surface area contributed by atoms with Crippen LogP contribution in [-0.4, -0.2) is 25.4 Å². The van der Waals surface area contributed by atoms with Crippen molar-refractivity contribution in [1.82, 2.24) is 0 Å². The molecule has 3 N–H and O–H groups in total. The van der Waals surface area contributed by atoms with Crippen molar-refractivity contribution in [3.05, 3.63) is 86.4 Å². The average Bonchev–Trinajstić information content (AvgIpc) is 2.69. The molecule has 0 aliphatic heterocycles. The standard InChI is InChI=1S/C20H14ClIN2O5S/c21-13-2-1-3-15(10-13)24-30(28,29)16-7-4-12(5-8-16)19(25)23-18-9-6-14(22)11-17(18)20(26)27/h1-11,24H,(H,23,25)(H,26,27). The lowest BCUT2D eigenvalue weighted by Gasteiger charge is -2.11. The van der Waals surface area contributed by atoms with Crippen molar-refractivity contribution >= 4 is 67.5 Å². The van der Waals surface area contributed by atoms with E-state index in [1.807, 2.05) is 22.6 Å². The minimum atomic E-state index is -3.87. The first-order valence-corrected chi connectivity index (χ1v) is 11.3. The van der Waals surface area contributed by atoms with E-state index in [-0.39, 0.29) is 21.7 Å². The Labute approximate surface area is 191 Å². The quantitative estimate of drug-likeness (QED) is 0.381. The van der Waals surface area contributed by atoms with E-state index >= 15 is 0 Å². The zero-order valence-corrected chi connectivity index (χ0v) is 18.8. The normalized spacial score (nSPS) is 11.0. The van der Waals surface area contributed by atoms with Crippen molar-refractivity contribution in [3.63, 3.8) is 0 Å². The summed E-state index contributed by atoms with van der Waals surface area (Å²) in [5, 5.41) is 12.2. The van der Waals surface area contributed by atoms with Crippen molar-refractivity contribution in [3.8, 4) is 0 Å². The van der Waals surface area contributed by atoms with Gasteiger partial charge in [-0.2, -0.15) is 0 Å². The summed E-state index contributed by atoms with van der Waals surface area (Å²) in [6, 6.07) is 16.1. The topological polar surface area (TPSA) is 113 Å². The summed E-state index contributed by atoms with van der Waals surface area (Å²) in [5.74, 6) is -1.73. The van der Waals surface area contributed by atoms with Crippen molar-refractivity contribution in [2.45, 2.75) is 4.90 Å². The Kier molecular flexibility index (Phi) is 6.64. The van der Waals surface area contributed by atoms with Gasteiger partial charge in [-0.1, -0.05) is 17.7 Å². The van der Waals surface area contributed by atoms with Crippen LogP contribution in [-0.2, 0) is 10.0 Å². The van der Waals surface area contributed by atoms with Gasteiger partial charge in [0.25, 0.3) is 15.9 Å². The first-order valence-electron chi connectivity index (χ1n) is 8.38. The molecule has 0 bridgehead atoms. The number of halogens is 2. The Morgan fingerprint density at radius 3 is 2.30 bits per heavy atom. The van der Waals surface area contributed by atoms with Crippen molar-refractivity contribution in [1.29, 1.82) is 0 Å². The number of carboxylic acids is 1. The molecule has 0 fully saturated rings. The summed E-state index contributed by atoms with van der Waals surface area (Å²) in [7, 11) is -3.87. The van der Waals surface area contributed by atoms with Gasteiger partial charge in [0.15, 0.2) is 0 Å². The smallest absolute Gasteiger partial charge is 0.337 e.